The number of carbonyl (C=O) groups excluding carboxylic acids is 3. The van der Waals surface area contributed by atoms with Crippen LogP contribution in [-0.2, 0) is 0 Å². The van der Waals surface area contributed by atoms with Gasteiger partial charge in [0.15, 0.2) is 34.5 Å². The van der Waals surface area contributed by atoms with Gasteiger partial charge in [-0.15, -0.1) is 0 Å². The minimum Gasteiger partial charge on any atom is -0.493 e. The summed E-state index contributed by atoms with van der Waals surface area (Å²) in [7, 11) is 8.79. The standard InChI is InChI=1S/C32H39N3O9/c1-32(17-33-29(36)20-11-8-14-23(39-2)26(20)42-5,18-34-30(37)21-12-9-15-24(40-3)27(21)43-6)19-35-31(38)22-13-10-16-25(41-4)28(22)44-7/h8-16H,17-19H2,1-7H3,(H,33,36)(H,34,37)(H,35,38). The maximum atomic E-state index is 13.3. The fraction of sp³-hybridized carbons (Fsp3) is 0.344. The van der Waals surface area contributed by atoms with E-state index in [0.29, 0.717) is 17.2 Å². The van der Waals surface area contributed by atoms with Crippen LogP contribution in [0.25, 0.3) is 0 Å². The van der Waals surface area contributed by atoms with Gasteiger partial charge >= 0.3 is 0 Å². The topological polar surface area (TPSA) is 143 Å². The van der Waals surface area contributed by atoms with Crippen LogP contribution < -0.4 is 44.4 Å². The van der Waals surface area contributed by atoms with E-state index in [1.165, 1.54) is 42.7 Å². The smallest absolute Gasteiger partial charge is 0.255 e. The quantitative estimate of drug-likeness (QED) is 0.236. The summed E-state index contributed by atoms with van der Waals surface area (Å²) in [5.41, 5.74) is -0.0656. The highest BCUT2D eigenvalue weighted by molar-refractivity contribution is 5.99. The zero-order valence-electron chi connectivity index (χ0n) is 26.0. The molecule has 0 fully saturated rings. The molecule has 0 heterocycles. The minimum absolute atomic E-state index is 0.0667. The Hall–Kier alpha value is -5.13. The van der Waals surface area contributed by atoms with Gasteiger partial charge in [-0.2, -0.15) is 0 Å². The maximum absolute atomic E-state index is 13.3. The van der Waals surface area contributed by atoms with Gasteiger partial charge in [0, 0.05) is 25.0 Å². The highest BCUT2D eigenvalue weighted by Crippen LogP contribution is 2.33. The largest absolute Gasteiger partial charge is 0.493 e. The highest BCUT2D eigenvalue weighted by atomic mass is 16.5. The molecule has 3 amide bonds. The molecule has 0 aromatic heterocycles. The van der Waals surface area contributed by atoms with Crippen LogP contribution in [0.1, 0.15) is 38.0 Å². The molecule has 0 aliphatic heterocycles. The van der Waals surface area contributed by atoms with Crippen molar-refractivity contribution >= 4 is 17.7 Å². The lowest BCUT2D eigenvalue weighted by molar-refractivity contribution is 0.0892. The summed E-state index contributed by atoms with van der Waals surface area (Å²) in [6.45, 7) is 2.02. The number of carbonyl (C=O) groups is 3. The first-order valence-electron chi connectivity index (χ1n) is 13.6. The van der Waals surface area contributed by atoms with E-state index in [4.69, 9.17) is 28.4 Å². The summed E-state index contributed by atoms with van der Waals surface area (Å²) in [6.07, 6.45) is 0. The number of rotatable bonds is 15. The average Bonchev–Trinajstić information content (AvgIpc) is 3.07. The number of nitrogens with one attached hydrogen (secondary N) is 3. The van der Waals surface area contributed by atoms with Crippen LogP contribution >= 0.6 is 0 Å². The summed E-state index contributed by atoms with van der Waals surface area (Å²) in [4.78, 5) is 39.9. The molecule has 3 aromatic carbocycles. The highest BCUT2D eigenvalue weighted by Gasteiger charge is 2.30. The van der Waals surface area contributed by atoms with Crippen LogP contribution in [0.5, 0.6) is 34.5 Å². The van der Waals surface area contributed by atoms with Crippen molar-refractivity contribution in [2.45, 2.75) is 6.92 Å². The summed E-state index contributed by atoms with van der Waals surface area (Å²) in [6, 6.07) is 14.9. The fourth-order valence-electron chi connectivity index (χ4n) is 4.55. The normalized spacial score (nSPS) is 10.7. The van der Waals surface area contributed by atoms with Gasteiger partial charge in [0.25, 0.3) is 17.7 Å². The monoisotopic (exact) mass is 609 g/mol. The predicted molar refractivity (Wildman–Crippen MR) is 164 cm³/mol. The molecule has 12 heteroatoms. The Balaban J connectivity index is 1.85. The van der Waals surface area contributed by atoms with Crippen LogP contribution in [-0.4, -0.2) is 80.0 Å². The van der Waals surface area contributed by atoms with Gasteiger partial charge in [0.05, 0.1) is 59.3 Å². The van der Waals surface area contributed by atoms with Gasteiger partial charge in [0.1, 0.15) is 0 Å². The number of benzene rings is 3. The molecule has 0 aliphatic rings. The molecule has 0 atom stereocenters. The van der Waals surface area contributed by atoms with E-state index in [9.17, 15) is 14.4 Å². The third-order valence-electron chi connectivity index (χ3n) is 6.97. The van der Waals surface area contributed by atoms with Gasteiger partial charge in [-0.05, 0) is 36.4 Å². The molecule has 236 valence electrons. The third-order valence-corrected chi connectivity index (χ3v) is 6.97. The molecule has 44 heavy (non-hydrogen) atoms. The van der Waals surface area contributed by atoms with Gasteiger partial charge in [-0.1, -0.05) is 25.1 Å². The molecule has 0 radical (unpaired) electrons. The first-order chi connectivity index (χ1) is 21.2. The molecular formula is C32H39N3O9. The minimum atomic E-state index is -0.870. The Kier molecular flexibility index (Phi) is 11.7. The van der Waals surface area contributed by atoms with Crippen molar-refractivity contribution in [1.82, 2.24) is 16.0 Å². The van der Waals surface area contributed by atoms with E-state index in [1.807, 2.05) is 6.92 Å². The van der Waals surface area contributed by atoms with Gasteiger partial charge in [0.2, 0.25) is 0 Å². The van der Waals surface area contributed by atoms with Gasteiger partial charge < -0.3 is 44.4 Å². The van der Waals surface area contributed by atoms with Crippen molar-refractivity contribution in [3.63, 3.8) is 0 Å². The molecule has 0 spiro atoms. The second kappa shape index (κ2) is 15.4. The Labute approximate surface area is 256 Å². The molecule has 12 nitrogen and oxygen atoms in total. The summed E-state index contributed by atoms with van der Waals surface area (Å²) < 4.78 is 32.2. The summed E-state index contributed by atoms with van der Waals surface area (Å²) >= 11 is 0. The molecule has 0 aliphatic carbocycles. The molecule has 3 aromatic rings. The molecular weight excluding hydrogens is 570 g/mol. The van der Waals surface area contributed by atoms with Crippen molar-refractivity contribution in [3.05, 3.63) is 71.3 Å². The first-order valence-corrected chi connectivity index (χ1v) is 13.6. The van der Waals surface area contributed by atoms with Crippen LogP contribution in [0.2, 0.25) is 0 Å². The lowest BCUT2D eigenvalue weighted by atomic mass is 9.89. The second-order valence-corrected chi connectivity index (χ2v) is 9.98. The molecule has 0 bridgehead atoms. The van der Waals surface area contributed by atoms with Gasteiger partial charge in [-0.3, -0.25) is 14.4 Å². The SMILES string of the molecule is COc1cccc(C(=O)NCC(C)(CNC(=O)c2cccc(OC)c2OC)CNC(=O)c2cccc(OC)c2OC)c1OC. The van der Waals surface area contributed by atoms with Crippen molar-refractivity contribution in [2.75, 3.05) is 62.3 Å². The number of hydrogen-bond acceptors (Lipinski definition) is 9. The Morgan fingerprint density at radius 3 is 1.00 bits per heavy atom. The number of ether oxygens (including phenoxy) is 6. The Morgan fingerprint density at radius 2 is 0.773 bits per heavy atom. The fourth-order valence-corrected chi connectivity index (χ4v) is 4.55. The van der Waals surface area contributed by atoms with E-state index >= 15 is 0 Å². The third kappa shape index (κ3) is 7.63. The van der Waals surface area contributed by atoms with E-state index in [-0.39, 0.29) is 53.6 Å². The lowest BCUT2D eigenvalue weighted by Gasteiger charge is -2.31. The maximum Gasteiger partial charge on any atom is 0.255 e. The molecule has 0 saturated heterocycles. The number of para-hydroxylation sites is 3. The molecule has 0 unspecified atom stereocenters. The molecule has 3 N–H and O–H groups in total. The van der Waals surface area contributed by atoms with E-state index in [2.05, 4.69) is 16.0 Å². The lowest BCUT2D eigenvalue weighted by Crippen LogP contribution is -2.50. The first kappa shape index (κ1) is 33.4. The average molecular weight is 610 g/mol. The zero-order chi connectivity index (χ0) is 32.3. The summed E-state index contributed by atoms with van der Waals surface area (Å²) in [5, 5.41) is 8.72. The predicted octanol–water partition coefficient (Wildman–Crippen LogP) is 3.33. The van der Waals surface area contributed by atoms with Crippen LogP contribution in [0, 0.1) is 5.41 Å². The Bertz CT molecular complexity index is 1300. The van der Waals surface area contributed by atoms with E-state index in [1.54, 1.807) is 54.6 Å². The zero-order valence-corrected chi connectivity index (χ0v) is 26.0. The molecule has 3 rings (SSSR count). The van der Waals surface area contributed by atoms with Crippen molar-refractivity contribution in [3.8, 4) is 34.5 Å². The number of amides is 3. The van der Waals surface area contributed by atoms with Crippen LogP contribution in [0.3, 0.4) is 0 Å². The van der Waals surface area contributed by atoms with Crippen LogP contribution in [0.15, 0.2) is 54.6 Å². The van der Waals surface area contributed by atoms with E-state index < -0.39 is 23.1 Å². The van der Waals surface area contributed by atoms with Crippen LogP contribution in [0.4, 0.5) is 0 Å². The molecule has 0 saturated carbocycles. The van der Waals surface area contributed by atoms with Crippen molar-refractivity contribution < 1.29 is 42.8 Å². The Morgan fingerprint density at radius 1 is 0.500 bits per heavy atom. The second-order valence-electron chi connectivity index (χ2n) is 9.98. The van der Waals surface area contributed by atoms with E-state index in [0.717, 1.165) is 0 Å². The van der Waals surface area contributed by atoms with Crippen molar-refractivity contribution in [2.24, 2.45) is 5.41 Å². The number of hydrogen-bond donors (Lipinski definition) is 3. The van der Waals surface area contributed by atoms with Gasteiger partial charge in [-0.25, -0.2) is 0 Å². The van der Waals surface area contributed by atoms with Crippen molar-refractivity contribution in [1.29, 1.82) is 0 Å². The number of methoxy groups -OCH3 is 6. The summed E-state index contributed by atoms with van der Waals surface area (Å²) in [5.74, 6) is 0.796.